The van der Waals surface area contributed by atoms with Gasteiger partial charge in [0.15, 0.2) is 0 Å². The molecule has 2 aromatic heterocycles. The highest BCUT2D eigenvalue weighted by Gasteiger charge is 2.15. The Hall–Kier alpha value is -2.86. The van der Waals surface area contributed by atoms with E-state index in [1.54, 1.807) is 24.5 Å². The van der Waals surface area contributed by atoms with E-state index in [-0.39, 0.29) is 5.82 Å². The average Bonchev–Trinajstić information content (AvgIpc) is 2.69. The lowest BCUT2D eigenvalue weighted by Crippen LogP contribution is -2.36. The molecule has 3 aromatic rings. The second-order valence-electron chi connectivity index (χ2n) is 6.23. The summed E-state index contributed by atoms with van der Waals surface area (Å²) in [6.45, 7) is 4.96. The summed E-state index contributed by atoms with van der Waals surface area (Å²) in [7, 11) is 0. The van der Waals surface area contributed by atoms with Gasteiger partial charge in [-0.25, -0.2) is 14.4 Å². The van der Waals surface area contributed by atoms with Crippen LogP contribution < -0.4 is 4.90 Å². The van der Waals surface area contributed by atoms with Crippen LogP contribution in [0.5, 0.6) is 0 Å². The Bertz CT molecular complexity index is 908. The molecule has 26 heavy (non-hydrogen) atoms. The van der Waals surface area contributed by atoms with Crippen LogP contribution in [0, 0.1) is 12.7 Å². The number of ether oxygens (including phenoxy) is 1. The fraction of sp³-hybridized carbons (Fsp3) is 0.250. The third kappa shape index (κ3) is 3.55. The van der Waals surface area contributed by atoms with Gasteiger partial charge in [0, 0.05) is 42.7 Å². The molecule has 4 rings (SSSR count). The van der Waals surface area contributed by atoms with E-state index >= 15 is 0 Å². The molecule has 0 atom stereocenters. The van der Waals surface area contributed by atoms with Crippen molar-refractivity contribution in [2.45, 2.75) is 6.92 Å². The van der Waals surface area contributed by atoms with Crippen molar-refractivity contribution in [3.63, 3.8) is 0 Å². The van der Waals surface area contributed by atoms with Crippen LogP contribution >= 0.6 is 0 Å². The van der Waals surface area contributed by atoms with Gasteiger partial charge < -0.3 is 9.64 Å². The molecule has 0 bridgehead atoms. The minimum atomic E-state index is -0.251. The van der Waals surface area contributed by atoms with E-state index in [0.29, 0.717) is 13.2 Å². The Balaban J connectivity index is 1.70. The van der Waals surface area contributed by atoms with E-state index < -0.39 is 0 Å². The number of aromatic nitrogens is 3. The molecule has 0 unspecified atom stereocenters. The highest BCUT2D eigenvalue weighted by Crippen LogP contribution is 2.26. The molecule has 0 saturated carbocycles. The van der Waals surface area contributed by atoms with Gasteiger partial charge >= 0.3 is 0 Å². The largest absolute Gasteiger partial charge is 0.378 e. The van der Waals surface area contributed by atoms with Crippen molar-refractivity contribution < 1.29 is 9.13 Å². The summed E-state index contributed by atoms with van der Waals surface area (Å²) in [4.78, 5) is 15.7. The molecule has 0 amide bonds. The van der Waals surface area contributed by atoms with Crippen LogP contribution in [-0.4, -0.2) is 41.3 Å². The van der Waals surface area contributed by atoms with Crippen LogP contribution in [0.15, 0.2) is 48.8 Å². The first-order valence-electron chi connectivity index (χ1n) is 8.59. The van der Waals surface area contributed by atoms with Crippen LogP contribution in [0.25, 0.3) is 22.4 Å². The molecule has 0 spiro atoms. The van der Waals surface area contributed by atoms with Crippen LogP contribution in [0.2, 0.25) is 0 Å². The number of morpholine rings is 1. The zero-order valence-corrected chi connectivity index (χ0v) is 14.5. The molecule has 1 aliphatic rings. The molecule has 0 N–H and O–H groups in total. The molecule has 3 heterocycles. The average molecular weight is 350 g/mol. The molecule has 0 aliphatic carbocycles. The maximum absolute atomic E-state index is 13.2. The van der Waals surface area contributed by atoms with E-state index in [1.165, 1.54) is 12.1 Å². The second-order valence-corrected chi connectivity index (χ2v) is 6.23. The Morgan fingerprint density at radius 2 is 1.65 bits per heavy atom. The standard InChI is InChI=1S/C20H19FN4O/c1-14-23-19(11-20(24-14)25-6-8-26-9-7-25)17-10-16(12-22-13-17)15-2-4-18(21)5-3-15/h2-5,10-13H,6-9H2,1H3. The van der Waals surface area contributed by atoms with Crippen molar-refractivity contribution in [3.05, 3.63) is 60.4 Å². The molecule has 1 saturated heterocycles. The predicted molar refractivity (Wildman–Crippen MR) is 98.4 cm³/mol. The third-order valence-electron chi connectivity index (χ3n) is 4.37. The van der Waals surface area contributed by atoms with Gasteiger partial charge in [0.25, 0.3) is 0 Å². The summed E-state index contributed by atoms with van der Waals surface area (Å²) in [6.07, 6.45) is 3.56. The zero-order valence-electron chi connectivity index (χ0n) is 14.5. The number of aryl methyl sites for hydroxylation is 1. The molecule has 0 radical (unpaired) electrons. The summed E-state index contributed by atoms with van der Waals surface area (Å²) < 4.78 is 18.6. The van der Waals surface area contributed by atoms with Crippen LogP contribution in [0.1, 0.15) is 5.82 Å². The van der Waals surface area contributed by atoms with Crippen molar-refractivity contribution in [2.75, 3.05) is 31.2 Å². The first kappa shape index (κ1) is 16.6. The number of rotatable bonds is 3. The number of hydrogen-bond donors (Lipinski definition) is 0. The van der Waals surface area contributed by atoms with Gasteiger partial charge in [0.2, 0.25) is 0 Å². The van der Waals surface area contributed by atoms with Crippen molar-refractivity contribution in [1.29, 1.82) is 0 Å². The van der Waals surface area contributed by atoms with Crippen molar-refractivity contribution in [1.82, 2.24) is 15.0 Å². The van der Waals surface area contributed by atoms with E-state index in [9.17, 15) is 4.39 Å². The lowest BCUT2D eigenvalue weighted by atomic mass is 10.0. The lowest BCUT2D eigenvalue weighted by molar-refractivity contribution is 0.122. The molecular weight excluding hydrogens is 331 g/mol. The fourth-order valence-corrected chi connectivity index (χ4v) is 3.03. The highest BCUT2D eigenvalue weighted by atomic mass is 19.1. The normalized spacial score (nSPS) is 14.5. The number of halogens is 1. The first-order chi connectivity index (χ1) is 12.7. The van der Waals surface area contributed by atoms with Gasteiger partial charge in [-0.05, 0) is 30.7 Å². The number of nitrogens with zero attached hydrogens (tertiary/aromatic N) is 4. The summed E-state index contributed by atoms with van der Waals surface area (Å²) in [5.74, 6) is 1.37. The van der Waals surface area contributed by atoms with Crippen LogP contribution in [-0.2, 0) is 4.74 Å². The van der Waals surface area contributed by atoms with Crippen molar-refractivity contribution >= 4 is 5.82 Å². The third-order valence-corrected chi connectivity index (χ3v) is 4.37. The summed E-state index contributed by atoms with van der Waals surface area (Å²) in [5.41, 5.74) is 3.58. The van der Waals surface area contributed by atoms with E-state index in [4.69, 9.17) is 4.74 Å². The highest BCUT2D eigenvalue weighted by molar-refractivity contribution is 5.71. The zero-order chi connectivity index (χ0) is 17.9. The Morgan fingerprint density at radius 1 is 0.923 bits per heavy atom. The summed E-state index contributed by atoms with van der Waals surface area (Å²) in [6, 6.07) is 10.4. The smallest absolute Gasteiger partial charge is 0.133 e. The monoisotopic (exact) mass is 350 g/mol. The topological polar surface area (TPSA) is 51.1 Å². The first-order valence-corrected chi connectivity index (χ1v) is 8.59. The van der Waals surface area contributed by atoms with Gasteiger partial charge in [-0.2, -0.15) is 0 Å². The van der Waals surface area contributed by atoms with Gasteiger partial charge in [-0.1, -0.05) is 12.1 Å². The second kappa shape index (κ2) is 7.17. The molecule has 1 fully saturated rings. The number of pyridine rings is 1. The molecular formula is C20H19FN4O. The van der Waals surface area contributed by atoms with E-state index in [0.717, 1.165) is 47.1 Å². The minimum absolute atomic E-state index is 0.251. The predicted octanol–water partition coefficient (Wildman–Crippen LogP) is 3.49. The van der Waals surface area contributed by atoms with E-state index in [1.807, 2.05) is 19.1 Å². The molecule has 5 nitrogen and oxygen atoms in total. The molecule has 6 heteroatoms. The molecule has 1 aromatic carbocycles. The van der Waals surface area contributed by atoms with Gasteiger partial charge in [-0.3, -0.25) is 4.98 Å². The van der Waals surface area contributed by atoms with Crippen LogP contribution in [0.4, 0.5) is 10.2 Å². The number of anilines is 1. The lowest BCUT2D eigenvalue weighted by Gasteiger charge is -2.28. The molecule has 132 valence electrons. The van der Waals surface area contributed by atoms with Gasteiger partial charge in [-0.15, -0.1) is 0 Å². The maximum atomic E-state index is 13.2. The van der Waals surface area contributed by atoms with Crippen molar-refractivity contribution in [3.8, 4) is 22.4 Å². The number of hydrogen-bond acceptors (Lipinski definition) is 5. The van der Waals surface area contributed by atoms with Gasteiger partial charge in [0.1, 0.15) is 17.5 Å². The Kier molecular flexibility index (Phi) is 4.58. The minimum Gasteiger partial charge on any atom is -0.378 e. The summed E-state index contributed by atoms with van der Waals surface area (Å²) >= 11 is 0. The fourth-order valence-electron chi connectivity index (χ4n) is 3.03. The van der Waals surface area contributed by atoms with E-state index in [2.05, 4.69) is 19.9 Å². The Morgan fingerprint density at radius 3 is 2.42 bits per heavy atom. The van der Waals surface area contributed by atoms with Gasteiger partial charge in [0.05, 0.1) is 18.9 Å². The maximum Gasteiger partial charge on any atom is 0.133 e. The molecule has 1 aliphatic heterocycles. The summed E-state index contributed by atoms with van der Waals surface area (Å²) in [5, 5.41) is 0. The Labute approximate surface area is 151 Å². The van der Waals surface area contributed by atoms with Crippen molar-refractivity contribution in [2.24, 2.45) is 0 Å². The SMILES string of the molecule is Cc1nc(-c2cncc(-c3ccc(F)cc3)c2)cc(N2CCOCC2)n1. The quantitative estimate of drug-likeness (QED) is 0.724. The van der Waals surface area contributed by atoms with Crippen LogP contribution in [0.3, 0.4) is 0 Å². The number of benzene rings is 1.